The molecule has 0 bridgehead atoms. The van der Waals surface area contributed by atoms with Crippen molar-refractivity contribution >= 4 is 38.4 Å². The maximum atomic E-state index is 12.3. The Bertz CT molecular complexity index is 1150. The van der Waals surface area contributed by atoms with Crippen LogP contribution in [0.3, 0.4) is 0 Å². The molecule has 1 saturated heterocycles. The Morgan fingerprint density at radius 3 is 2.69 bits per heavy atom. The van der Waals surface area contributed by atoms with E-state index in [4.69, 9.17) is 14.2 Å². The summed E-state index contributed by atoms with van der Waals surface area (Å²) in [7, 11) is -3.16. The van der Waals surface area contributed by atoms with Gasteiger partial charge in [0.25, 0.3) is 0 Å². The molecule has 168 valence electrons. The smallest absolute Gasteiger partial charge is 0.316 e. The molecule has 0 aliphatic carbocycles. The molecule has 5 rings (SSSR count). The SMILES string of the molecule is O=C(CSC1=N[C@H]2CS(=O)(=O)C[C@H]2N1c1ccc2c(c1)OCCO2)OCc1ccccc1. The van der Waals surface area contributed by atoms with E-state index >= 15 is 0 Å². The van der Waals surface area contributed by atoms with Crippen LogP contribution < -0.4 is 14.4 Å². The van der Waals surface area contributed by atoms with Gasteiger partial charge in [0, 0.05) is 11.8 Å². The summed E-state index contributed by atoms with van der Waals surface area (Å²) in [6, 6.07) is 14.4. The van der Waals surface area contributed by atoms with Gasteiger partial charge in [-0.3, -0.25) is 9.79 Å². The lowest BCUT2D eigenvalue weighted by atomic mass is 10.1. The third-order valence-electron chi connectivity index (χ3n) is 5.47. The van der Waals surface area contributed by atoms with E-state index in [2.05, 4.69) is 4.99 Å². The predicted molar refractivity (Wildman–Crippen MR) is 122 cm³/mol. The molecule has 2 atom stereocenters. The second-order valence-electron chi connectivity index (χ2n) is 7.76. The molecule has 0 amide bonds. The van der Waals surface area contributed by atoms with Crippen molar-refractivity contribution in [3.05, 3.63) is 54.1 Å². The number of anilines is 1. The quantitative estimate of drug-likeness (QED) is 0.610. The maximum Gasteiger partial charge on any atom is 0.316 e. The van der Waals surface area contributed by atoms with Crippen LogP contribution >= 0.6 is 11.8 Å². The summed E-state index contributed by atoms with van der Waals surface area (Å²) < 4.78 is 41.1. The summed E-state index contributed by atoms with van der Waals surface area (Å²) in [6.07, 6.45) is 0. The van der Waals surface area contributed by atoms with E-state index in [0.29, 0.717) is 29.9 Å². The van der Waals surface area contributed by atoms with Gasteiger partial charge in [0.2, 0.25) is 0 Å². The second kappa shape index (κ2) is 8.67. The second-order valence-corrected chi connectivity index (χ2v) is 10.9. The highest BCUT2D eigenvalue weighted by Gasteiger charge is 2.47. The van der Waals surface area contributed by atoms with E-state index in [1.165, 1.54) is 11.8 Å². The maximum absolute atomic E-state index is 12.3. The number of carbonyl (C=O) groups excluding carboxylic acids is 1. The van der Waals surface area contributed by atoms with Gasteiger partial charge in [-0.25, -0.2) is 8.42 Å². The Morgan fingerprint density at radius 2 is 1.88 bits per heavy atom. The summed E-state index contributed by atoms with van der Waals surface area (Å²) in [5.41, 5.74) is 1.68. The first-order valence-corrected chi connectivity index (χ1v) is 13.1. The largest absolute Gasteiger partial charge is 0.486 e. The molecule has 3 aliphatic rings. The van der Waals surface area contributed by atoms with Crippen molar-refractivity contribution in [3.8, 4) is 11.5 Å². The monoisotopic (exact) mass is 474 g/mol. The summed E-state index contributed by atoms with van der Waals surface area (Å²) in [6.45, 7) is 1.16. The van der Waals surface area contributed by atoms with Crippen molar-refractivity contribution in [1.29, 1.82) is 0 Å². The number of sulfone groups is 1. The van der Waals surface area contributed by atoms with Gasteiger partial charge < -0.3 is 19.1 Å². The minimum absolute atomic E-state index is 0.0151. The lowest BCUT2D eigenvalue weighted by molar-refractivity contribution is -0.141. The number of hydrogen-bond donors (Lipinski definition) is 0. The molecule has 3 heterocycles. The van der Waals surface area contributed by atoms with Gasteiger partial charge >= 0.3 is 5.97 Å². The van der Waals surface area contributed by atoms with Gasteiger partial charge in [0.15, 0.2) is 26.5 Å². The number of benzene rings is 2. The number of fused-ring (bicyclic) bond motifs is 2. The molecule has 32 heavy (non-hydrogen) atoms. The van der Waals surface area contributed by atoms with Gasteiger partial charge in [0.1, 0.15) is 19.8 Å². The number of aliphatic imine (C=N–C) groups is 1. The molecule has 0 spiro atoms. The lowest BCUT2D eigenvalue weighted by Crippen LogP contribution is -2.39. The number of amidine groups is 1. The van der Waals surface area contributed by atoms with Crippen molar-refractivity contribution in [2.45, 2.75) is 18.7 Å². The Kier molecular flexibility index (Phi) is 5.73. The van der Waals surface area contributed by atoms with Crippen LogP contribution in [0.5, 0.6) is 11.5 Å². The van der Waals surface area contributed by atoms with Gasteiger partial charge in [-0.2, -0.15) is 0 Å². The van der Waals surface area contributed by atoms with E-state index in [1.54, 1.807) is 0 Å². The molecule has 2 aromatic rings. The molecule has 8 nitrogen and oxygen atoms in total. The molecule has 10 heteroatoms. The van der Waals surface area contributed by atoms with Crippen LogP contribution in [-0.2, 0) is 26.0 Å². The standard InChI is InChI=1S/C22H22N2O6S2/c25-21(30-11-15-4-2-1-3-5-15)12-31-22-23-17-13-32(26,27)14-18(17)24(22)16-6-7-19-20(10-16)29-9-8-28-19/h1-7,10,17-18H,8-9,11-14H2/t17-,18+/m0/s1. The van der Waals surface area contributed by atoms with Crippen LogP contribution in [0.2, 0.25) is 0 Å². The van der Waals surface area contributed by atoms with Crippen LogP contribution in [0.15, 0.2) is 53.5 Å². The highest BCUT2D eigenvalue weighted by molar-refractivity contribution is 8.14. The zero-order chi connectivity index (χ0) is 22.1. The van der Waals surface area contributed by atoms with E-state index < -0.39 is 9.84 Å². The van der Waals surface area contributed by atoms with Crippen LogP contribution in [0, 0.1) is 0 Å². The summed E-state index contributed by atoms with van der Waals surface area (Å²) in [5, 5.41) is 0.614. The van der Waals surface area contributed by atoms with Gasteiger partial charge in [-0.15, -0.1) is 0 Å². The Morgan fingerprint density at radius 1 is 1.09 bits per heavy atom. The number of thioether (sulfide) groups is 1. The fourth-order valence-electron chi connectivity index (χ4n) is 4.02. The van der Waals surface area contributed by atoms with Crippen LogP contribution in [0.25, 0.3) is 0 Å². The normalized spacial score (nSPS) is 22.9. The fourth-order valence-corrected chi connectivity index (χ4v) is 6.78. The molecule has 0 N–H and O–H groups in total. The first-order chi connectivity index (χ1) is 15.5. The van der Waals surface area contributed by atoms with Gasteiger partial charge in [0.05, 0.1) is 29.3 Å². The highest BCUT2D eigenvalue weighted by atomic mass is 32.2. The number of carbonyl (C=O) groups is 1. The van der Waals surface area contributed by atoms with Gasteiger partial charge in [-0.05, 0) is 17.7 Å². The molecule has 0 radical (unpaired) electrons. The summed E-state index contributed by atoms with van der Waals surface area (Å²) in [5.74, 6) is 1.04. The average Bonchev–Trinajstić information content (AvgIpc) is 3.27. The predicted octanol–water partition coefficient (Wildman–Crippen LogP) is 2.28. The molecule has 0 unspecified atom stereocenters. The van der Waals surface area contributed by atoms with Crippen molar-refractivity contribution < 1.29 is 27.4 Å². The molecule has 1 fully saturated rings. The lowest BCUT2D eigenvalue weighted by Gasteiger charge is -2.28. The topological polar surface area (TPSA) is 94.5 Å². The number of ether oxygens (including phenoxy) is 3. The van der Waals surface area contributed by atoms with Crippen molar-refractivity contribution in [2.24, 2.45) is 4.99 Å². The van der Waals surface area contributed by atoms with E-state index in [0.717, 1.165) is 11.3 Å². The third-order valence-corrected chi connectivity index (χ3v) is 8.11. The highest BCUT2D eigenvalue weighted by Crippen LogP contribution is 2.39. The molecule has 0 aromatic heterocycles. The van der Waals surface area contributed by atoms with Gasteiger partial charge in [-0.1, -0.05) is 42.1 Å². The molecular weight excluding hydrogens is 452 g/mol. The fraction of sp³-hybridized carbons (Fsp3) is 0.364. The van der Waals surface area contributed by atoms with Crippen molar-refractivity contribution in [3.63, 3.8) is 0 Å². The van der Waals surface area contributed by atoms with Crippen LogP contribution in [-0.4, -0.2) is 62.1 Å². The van der Waals surface area contributed by atoms with Crippen LogP contribution in [0.1, 0.15) is 5.56 Å². The van der Waals surface area contributed by atoms with Crippen molar-refractivity contribution in [2.75, 3.05) is 35.4 Å². The third kappa shape index (κ3) is 4.42. The van der Waals surface area contributed by atoms with Crippen LogP contribution in [0.4, 0.5) is 5.69 Å². The van der Waals surface area contributed by atoms with E-state index in [-0.39, 0.29) is 41.9 Å². The number of nitrogens with zero attached hydrogens (tertiary/aromatic N) is 2. The van der Waals surface area contributed by atoms with Crippen molar-refractivity contribution in [1.82, 2.24) is 0 Å². The summed E-state index contributed by atoms with van der Waals surface area (Å²) in [4.78, 5) is 18.9. The molecule has 0 saturated carbocycles. The number of esters is 1. The average molecular weight is 475 g/mol. The van der Waals surface area contributed by atoms with E-state index in [9.17, 15) is 13.2 Å². The number of hydrogen-bond acceptors (Lipinski definition) is 9. The Balaban J connectivity index is 1.31. The Hall–Kier alpha value is -2.72. The van der Waals surface area contributed by atoms with E-state index in [1.807, 2.05) is 53.4 Å². The first-order valence-electron chi connectivity index (χ1n) is 10.3. The summed E-state index contributed by atoms with van der Waals surface area (Å²) >= 11 is 1.26. The minimum Gasteiger partial charge on any atom is -0.486 e. The molecular formula is C22H22N2O6S2. The molecule has 3 aliphatic heterocycles. The first kappa shape index (κ1) is 21.1. The zero-order valence-electron chi connectivity index (χ0n) is 17.2. The number of rotatable bonds is 5. The minimum atomic E-state index is -3.16. The molecule has 2 aromatic carbocycles. The zero-order valence-corrected chi connectivity index (χ0v) is 18.8. The Labute approximate surface area is 190 Å².